The van der Waals surface area contributed by atoms with Crippen LogP contribution in [0.2, 0.25) is 0 Å². The first-order chi connectivity index (χ1) is 11.9. The van der Waals surface area contributed by atoms with Crippen molar-refractivity contribution in [2.45, 2.75) is 13.3 Å². The molecule has 25 heavy (non-hydrogen) atoms. The maximum absolute atomic E-state index is 13.0. The predicted molar refractivity (Wildman–Crippen MR) is 90.4 cm³/mol. The van der Waals surface area contributed by atoms with E-state index in [1.54, 1.807) is 19.1 Å². The molecule has 0 radical (unpaired) electrons. The van der Waals surface area contributed by atoms with Crippen molar-refractivity contribution < 1.29 is 18.7 Å². The van der Waals surface area contributed by atoms with Gasteiger partial charge >= 0.3 is 5.97 Å². The summed E-state index contributed by atoms with van der Waals surface area (Å²) in [5.41, 5.74) is 1.18. The Morgan fingerprint density at radius 3 is 2.68 bits per heavy atom. The van der Waals surface area contributed by atoms with Crippen LogP contribution in [0.1, 0.15) is 21.8 Å². The molecule has 0 atom stereocenters. The minimum Gasteiger partial charge on any atom is -0.451 e. The third kappa shape index (κ3) is 4.84. The zero-order valence-electron chi connectivity index (χ0n) is 13.8. The van der Waals surface area contributed by atoms with Gasteiger partial charge in [-0.25, -0.2) is 14.2 Å². The van der Waals surface area contributed by atoms with Crippen molar-refractivity contribution in [1.82, 2.24) is 9.88 Å². The van der Waals surface area contributed by atoms with E-state index in [4.69, 9.17) is 10.00 Å². The fourth-order valence-corrected chi connectivity index (χ4v) is 2.91. The van der Waals surface area contributed by atoms with Crippen molar-refractivity contribution in [3.05, 3.63) is 40.7 Å². The molecule has 0 aliphatic rings. The van der Waals surface area contributed by atoms with Crippen molar-refractivity contribution in [3.8, 4) is 16.6 Å². The van der Waals surface area contributed by atoms with Crippen molar-refractivity contribution >= 4 is 23.2 Å². The number of ether oxygens (including phenoxy) is 1. The molecule has 0 saturated carbocycles. The van der Waals surface area contributed by atoms with E-state index in [2.05, 4.69) is 4.98 Å². The number of likely N-dealkylation sites (N-methyl/N-ethyl adjacent to an activating group) is 1. The number of nitriles is 1. The lowest BCUT2D eigenvalue weighted by Gasteiger charge is -2.14. The van der Waals surface area contributed by atoms with Gasteiger partial charge in [0.2, 0.25) is 0 Å². The topological polar surface area (TPSA) is 83.3 Å². The van der Waals surface area contributed by atoms with Crippen molar-refractivity contribution in [1.29, 1.82) is 5.26 Å². The molecule has 0 N–H and O–H groups in total. The molecular formula is C17H16FN3O3S. The molecule has 0 aliphatic heterocycles. The second-order valence-electron chi connectivity index (χ2n) is 5.24. The number of aromatic nitrogens is 1. The molecule has 130 valence electrons. The molecule has 0 saturated heterocycles. The first-order valence-electron chi connectivity index (χ1n) is 7.43. The molecule has 1 aromatic carbocycles. The van der Waals surface area contributed by atoms with E-state index >= 15 is 0 Å². The molecule has 0 bridgehead atoms. The number of carbonyl (C=O) groups excluding carboxylic acids is 2. The first-order valence-corrected chi connectivity index (χ1v) is 8.25. The SMILES string of the molecule is Cc1nc(-c2ccc(F)cc2)sc1C(=O)OCC(=O)N(C)CCC#N. The number of esters is 1. The van der Waals surface area contributed by atoms with Gasteiger partial charge in [0.1, 0.15) is 15.7 Å². The predicted octanol–water partition coefficient (Wildman–Crippen LogP) is 2.79. The lowest BCUT2D eigenvalue weighted by molar-refractivity contribution is -0.133. The lowest BCUT2D eigenvalue weighted by Crippen LogP contribution is -2.31. The quantitative estimate of drug-likeness (QED) is 0.739. The number of hydrogen-bond acceptors (Lipinski definition) is 6. The van der Waals surface area contributed by atoms with E-state index in [9.17, 15) is 14.0 Å². The average molecular weight is 361 g/mol. The van der Waals surface area contributed by atoms with Gasteiger partial charge in [-0.05, 0) is 31.2 Å². The Bertz CT molecular complexity index is 812. The highest BCUT2D eigenvalue weighted by Gasteiger charge is 2.19. The summed E-state index contributed by atoms with van der Waals surface area (Å²) < 4.78 is 18.0. The lowest BCUT2D eigenvalue weighted by atomic mass is 10.2. The summed E-state index contributed by atoms with van der Waals surface area (Å²) in [5, 5.41) is 9.08. The maximum Gasteiger partial charge on any atom is 0.350 e. The second-order valence-corrected chi connectivity index (χ2v) is 6.24. The van der Waals surface area contributed by atoms with Crippen LogP contribution in [0, 0.1) is 24.1 Å². The number of halogens is 1. The summed E-state index contributed by atoms with van der Waals surface area (Å²) in [5.74, 6) is -1.37. The van der Waals surface area contributed by atoms with Gasteiger partial charge in [-0.1, -0.05) is 0 Å². The van der Waals surface area contributed by atoms with Crippen LogP contribution in [-0.2, 0) is 9.53 Å². The number of aryl methyl sites for hydroxylation is 1. The van der Waals surface area contributed by atoms with Crippen molar-refractivity contribution in [3.63, 3.8) is 0 Å². The Morgan fingerprint density at radius 2 is 2.04 bits per heavy atom. The molecule has 0 fully saturated rings. The smallest absolute Gasteiger partial charge is 0.350 e. The van der Waals surface area contributed by atoms with Gasteiger partial charge in [-0.2, -0.15) is 5.26 Å². The highest BCUT2D eigenvalue weighted by Crippen LogP contribution is 2.28. The molecule has 2 aromatic rings. The van der Waals surface area contributed by atoms with Crippen molar-refractivity contribution in [2.24, 2.45) is 0 Å². The number of rotatable bonds is 6. The Kier molecular flexibility index (Phi) is 6.19. The first kappa shape index (κ1) is 18.5. The summed E-state index contributed by atoms with van der Waals surface area (Å²) in [4.78, 5) is 29.9. The van der Waals surface area contributed by atoms with Gasteiger partial charge in [0.05, 0.1) is 18.2 Å². The number of carbonyl (C=O) groups is 2. The minimum absolute atomic E-state index is 0.213. The molecule has 0 spiro atoms. The number of nitrogens with zero attached hydrogens (tertiary/aromatic N) is 3. The van der Waals surface area contributed by atoms with Crippen LogP contribution in [0.25, 0.3) is 10.6 Å². The number of thiazole rings is 1. The molecule has 1 aromatic heterocycles. The highest BCUT2D eigenvalue weighted by molar-refractivity contribution is 7.17. The standard InChI is InChI=1S/C17H16FN3O3S/c1-11-15(17(23)24-10-14(22)21(2)9-3-8-19)25-16(20-11)12-4-6-13(18)7-5-12/h4-7H,3,9-10H2,1-2H3. The largest absolute Gasteiger partial charge is 0.451 e. The summed E-state index contributed by atoms with van der Waals surface area (Å²) in [6.45, 7) is 1.55. The molecule has 0 aliphatic carbocycles. The minimum atomic E-state index is -0.634. The summed E-state index contributed by atoms with van der Waals surface area (Å²) in [7, 11) is 1.54. The monoisotopic (exact) mass is 361 g/mol. The zero-order chi connectivity index (χ0) is 18.4. The van der Waals surface area contributed by atoms with Crippen molar-refractivity contribution in [2.75, 3.05) is 20.2 Å². The van der Waals surface area contributed by atoms with Crippen LogP contribution in [0.4, 0.5) is 4.39 Å². The molecule has 1 heterocycles. The summed E-state index contributed by atoms with van der Waals surface area (Å²) in [6.07, 6.45) is 0.213. The van der Waals surface area contributed by atoms with Gasteiger partial charge < -0.3 is 9.64 Å². The molecular weight excluding hydrogens is 345 g/mol. The fraction of sp³-hybridized carbons (Fsp3) is 0.294. The molecule has 1 amide bonds. The van der Waals surface area contributed by atoms with Crippen LogP contribution in [0.15, 0.2) is 24.3 Å². The number of amides is 1. The molecule has 8 heteroatoms. The van der Waals surface area contributed by atoms with Crippen LogP contribution >= 0.6 is 11.3 Å². The zero-order valence-corrected chi connectivity index (χ0v) is 14.6. The average Bonchev–Trinajstić information content (AvgIpc) is 2.99. The molecule has 0 unspecified atom stereocenters. The normalized spacial score (nSPS) is 10.2. The molecule has 2 rings (SSSR count). The fourth-order valence-electron chi connectivity index (χ4n) is 1.95. The van der Waals surface area contributed by atoms with E-state index in [0.717, 1.165) is 11.3 Å². The third-order valence-electron chi connectivity index (χ3n) is 3.38. The van der Waals surface area contributed by atoms with Gasteiger partial charge in [0, 0.05) is 19.2 Å². The van der Waals surface area contributed by atoms with E-state index in [-0.39, 0.29) is 24.7 Å². The summed E-state index contributed by atoms with van der Waals surface area (Å²) in [6, 6.07) is 7.74. The maximum atomic E-state index is 13.0. The van der Waals surface area contributed by atoms with Crippen LogP contribution in [-0.4, -0.2) is 42.0 Å². The van der Waals surface area contributed by atoms with Gasteiger partial charge in [0.25, 0.3) is 5.91 Å². The van der Waals surface area contributed by atoms with Gasteiger partial charge in [-0.15, -0.1) is 11.3 Å². The Balaban J connectivity index is 2.02. The van der Waals surface area contributed by atoms with E-state index < -0.39 is 12.6 Å². The Morgan fingerprint density at radius 1 is 1.36 bits per heavy atom. The van der Waals surface area contributed by atoms with E-state index in [0.29, 0.717) is 21.1 Å². The number of hydrogen-bond donors (Lipinski definition) is 0. The second kappa shape index (κ2) is 8.35. The van der Waals surface area contributed by atoms with E-state index in [1.807, 2.05) is 6.07 Å². The Labute approximate surface area is 148 Å². The van der Waals surface area contributed by atoms with Crippen LogP contribution in [0.5, 0.6) is 0 Å². The van der Waals surface area contributed by atoms with Crippen LogP contribution < -0.4 is 0 Å². The van der Waals surface area contributed by atoms with Gasteiger partial charge in [-0.3, -0.25) is 4.79 Å². The van der Waals surface area contributed by atoms with Crippen LogP contribution in [0.3, 0.4) is 0 Å². The highest BCUT2D eigenvalue weighted by atomic mass is 32.1. The Hall–Kier alpha value is -2.79. The van der Waals surface area contributed by atoms with E-state index in [1.165, 1.54) is 24.1 Å². The molecule has 6 nitrogen and oxygen atoms in total. The number of benzene rings is 1. The van der Waals surface area contributed by atoms with Gasteiger partial charge in [0.15, 0.2) is 6.61 Å². The summed E-state index contributed by atoms with van der Waals surface area (Å²) >= 11 is 1.12. The third-order valence-corrected chi connectivity index (χ3v) is 4.57.